The smallest absolute Gasteiger partial charge is 0.165 e. The quantitative estimate of drug-likeness (QED) is 0.528. The second kappa shape index (κ2) is 5.15. The van der Waals surface area contributed by atoms with E-state index in [0.29, 0.717) is 12.0 Å². The van der Waals surface area contributed by atoms with E-state index in [1.54, 1.807) is 0 Å². The monoisotopic (exact) mass is 187 g/mol. The minimum Gasteiger partial charge on any atom is -0.294 e. The summed E-state index contributed by atoms with van der Waals surface area (Å²) in [4.78, 5) is 15.1. The van der Waals surface area contributed by atoms with Crippen molar-refractivity contribution >= 4 is 17.3 Å². The summed E-state index contributed by atoms with van der Waals surface area (Å²) in [6.45, 7) is 3.45. The number of Topliss-reactive ketones (excluding diaryl/α,β-unsaturated/α-hetero) is 1. The van der Waals surface area contributed by atoms with Crippen LogP contribution in [-0.2, 0) is 4.79 Å². The first-order valence-electron chi connectivity index (χ1n) is 4.62. The molecule has 0 fully saturated rings. The summed E-state index contributed by atoms with van der Waals surface area (Å²) in [7, 11) is 0. The van der Waals surface area contributed by atoms with Crippen molar-refractivity contribution in [1.82, 2.24) is 0 Å². The van der Waals surface area contributed by atoms with Crippen LogP contribution in [0.15, 0.2) is 40.9 Å². The Balaban J connectivity index is 2.95. The summed E-state index contributed by atoms with van der Waals surface area (Å²) >= 11 is 0. The minimum absolute atomic E-state index is 0.0344. The van der Waals surface area contributed by atoms with Crippen LogP contribution in [0.2, 0.25) is 0 Å². The van der Waals surface area contributed by atoms with Gasteiger partial charge in [-0.05, 0) is 31.3 Å². The average Bonchev–Trinajstić information content (AvgIpc) is 2.20. The van der Waals surface area contributed by atoms with Gasteiger partial charge in [-0.15, -0.1) is 0 Å². The molecule has 14 heavy (non-hydrogen) atoms. The van der Waals surface area contributed by atoms with E-state index in [4.69, 9.17) is 0 Å². The second-order valence-electron chi connectivity index (χ2n) is 2.95. The van der Waals surface area contributed by atoms with Crippen molar-refractivity contribution < 1.29 is 4.79 Å². The van der Waals surface area contributed by atoms with E-state index in [9.17, 15) is 4.79 Å². The van der Waals surface area contributed by atoms with Gasteiger partial charge in [-0.25, -0.2) is 4.99 Å². The molecule has 0 atom stereocenters. The molecular weight excluding hydrogens is 174 g/mol. The number of ketones is 1. The molecule has 2 nitrogen and oxygen atoms in total. The van der Waals surface area contributed by atoms with Crippen LogP contribution in [0.25, 0.3) is 0 Å². The van der Waals surface area contributed by atoms with Gasteiger partial charge in [0.1, 0.15) is 0 Å². The number of allylic oxidation sites excluding steroid dienone is 1. The number of nitrogens with zero attached hydrogens (tertiary/aromatic N) is 1. The number of carbonyl (C=O) groups excluding carboxylic acids is 1. The van der Waals surface area contributed by atoms with Crippen molar-refractivity contribution in [3.05, 3.63) is 35.9 Å². The molecule has 0 amide bonds. The Morgan fingerprint density at radius 2 is 2.00 bits per heavy atom. The summed E-state index contributed by atoms with van der Waals surface area (Å²) in [5.74, 6) is 2.81. The standard InChI is InChI=1S/C12H13NO/c1-3-11(10(2)14)9-13-12-7-5-4-6-8-12/h4-8H,3H2,1-2H3. The van der Waals surface area contributed by atoms with Gasteiger partial charge in [-0.3, -0.25) is 4.79 Å². The predicted molar refractivity (Wildman–Crippen MR) is 58.0 cm³/mol. The highest BCUT2D eigenvalue weighted by Crippen LogP contribution is 2.08. The predicted octanol–water partition coefficient (Wildman–Crippen LogP) is 2.91. The Hall–Kier alpha value is -1.66. The molecule has 0 radical (unpaired) electrons. The third-order valence-electron chi connectivity index (χ3n) is 1.85. The molecule has 0 aliphatic carbocycles. The molecule has 72 valence electrons. The van der Waals surface area contributed by atoms with Crippen LogP contribution in [0.1, 0.15) is 20.3 Å². The Bertz CT molecular complexity index is 373. The normalized spacial score (nSPS) is 9.00. The first kappa shape index (κ1) is 10.4. The molecule has 0 saturated carbocycles. The number of rotatable bonds is 3. The SMILES string of the molecule is CCC(=C=Nc1ccccc1)C(C)=O. The molecule has 0 spiro atoms. The van der Waals surface area contributed by atoms with Crippen molar-refractivity contribution in [2.24, 2.45) is 4.99 Å². The highest BCUT2D eigenvalue weighted by molar-refractivity contribution is 6.01. The number of hydrogen-bond acceptors (Lipinski definition) is 2. The van der Waals surface area contributed by atoms with Crippen molar-refractivity contribution in [3.63, 3.8) is 0 Å². The van der Waals surface area contributed by atoms with Crippen LogP contribution in [0, 0.1) is 0 Å². The zero-order chi connectivity index (χ0) is 10.4. The molecule has 0 bridgehead atoms. The minimum atomic E-state index is 0.0344. The van der Waals surface area contributed by atoms with E-state index < -0.39 is 0 Å². The van der Waals surface area contributed by atoms with E-state index in [1.165, 1.54) is 6.92 Å². The summed E-state index contributed by atoms with van der Waals surface area (Å²) in [6, 6.07) is 9.48. The van der Waals surface area contributed by atoms with E-state index in [-0.39, 0.29) is 5.78 Å². The van der Waals surface area contributed by atoms with E-state index in [0.717, 1.165) is 5.69 Å². The van der Waals surface area contributed by atoms with Gasteiger partial charge in [0.05, 0.1) is 11.3 Å². The molecule has 0 aliphatic heterocycles. The van der Waals surface area contributed by atoms with Crippen molar-refractivity contribution in [1.29, 1.82) is 0 Å². The van der Waals surface area contributed by atoms with Gasteiger partial charge in [0.25, 0.3) is 0 Å². The highest BCUT2D eigenvalue weighted by atomic mass is 16.1. The molecule has 0 N–H and O–H groups in total. The van der Waals surface area contributed by atoms with Crippen LogP contribution in [0.5, 0.6) is 0 Å². The van der Waals surface area contributed by atoms with Gasteiger partial charge >= 0.3 is 0 Å². The first-order chi connectivity index (χ1) is 6.74. The summed E-state index contributed by atoms with van der Waals surface area (Å²) in [5.41, 5.74) is 1.45. The van der Waals surface area contributed by atoms with Gasteiger partial charge in [0.2, 0.25) is 0 Å². The summed E-state index contributed by atoms with van der Waals surface area (Å²) in [5, 5.41) is 0. The van der Waals surface area contributed by atoms with Gasteiger partial charge in [0.15, 0.2) is 5.78 Å². The molecule has 1 aromatic rings. The molecule has 0 saturated heterocycles. The van der Waals surface area contributed by atoms with Crippen LogP contribution >= 0.6 is 0 Å². The molecule has 1 aromatic carbocycles. The molecule has 0 aliphatic rings. The summed E-state index contributed by atoms with van der Waals surface area (Å²) in [6.07, 6.45) is 0.672. The Labute approximate surface area is 84.0 Å². The fraction of sp³-hybridized carbons (Fsp3) is 0.250. The summed E-state index contributed by atoms with van der Waals surface area (Å²) < 4.78 is 0. The lowest BCUT2D eigenvalue weighted by atomic mass is 10.2. The lowest BCUT2D eigenvalue weighted by Crippen LogP contribution is -1.94. The van der Waals surface area contributed by atoms with Gasteiger partial charge < -0.3 is 0 Å². The third-order valence-corrected chi connectivity index (χ3v) is 1.85. The van der Waals surface area contributed by atoms with Gasteiger partial charge in [-0.1, -0.05) is 25.1 Å². The fourth-order valence-electron chi connectivity index (χ4n) is 1.04. The molecule has 0 heterocycles. The second-order valence-corrected chi connectivity index (χ2v) is 2.95. The van der Waals surface area contributed by atoms with Crippen LogP contribution in [0.4, 0.5) is 5.69 Å². The maximum Gasteiger partial charge on any atom is 0.165 e. The van der Waals surface area contributed by atoms with Crippen LogP contribution in [0.3, 0.4) is 0 Å². The lowest BCUT2D eigenvalue weighted by Gasteiger charge is -1.91. The number of para-hydroxylation sites is 1. The van der Waals surface area contributed by atoms with Gasteiger partial charge in [-0.2, -0.15) is 0 Å². The highest BCUT2D eigenvalue weighted by Gasteiger charge is 1.98. The van der Waals surface area contributed by atoms with Crippen molar-refractivity contribution in [2.75, 3.05) is 0 Å². The van der Waals surface area contributed by atoms with E-state index in [2.05, 4.69) is 10.9 Å². The number of benzene rings is 1. The molecule has 2 heteroatoms. The zero-order valence-corrected chi connectivity index (χ0v) is 8.45. The molecule has 0 aromatic heterocycles. The van der Waals surface area contributed by atoms with Crippen LogP contribution in [-0.4, -0.2) is 11.7 Å². The lowest BCUT2D eigenvalue weighted by molar-refractivity contribution is -0.113. The van der Waals surface area contributed by atoms with E-state index in [1.807, 2.05) is 37.3 Å². The maximum absolute atomic E-state index is 11.0. The first-order valence-corrected chi connectivity index (χ1v) is 4.62. The van der Waals surface area contributed by atoms with Crippen LogP contribution < -0.4 is 0 Å². The average molecular weight is 187 g/mol. The Morgan fingerprint density at radius 3 is 2.50 bits per heavy atom. The number of aliphatic imine (C=N–C) groups is 1. The van der Waals surface area contributed by atoms with Gasteiger partial charge in [0, 0.05) is 0 Å². The molecule has 0 unspecified atom stereocenters. The number of hydrogen-bond donors (Lipinski definition) is 0. The molecule has 1 rings (SSSR count). The molecular formula is C12H13NO. The van der Waals surface area contributed by atoms with E-state index >= 15 is 0 Å². The Kier molecular flexibility index (Phi) is 3.84. The topological polar surface area (TPSA) is 29.4 Å². The fourth-order valence-corrected chi connectivity index (χ4v) is 1.04. The third kappa shape index (κ3) is 3.00. The number of carbonyl (C=O) groups is 1. The Morgan fingerprint density at radius 1 is 1.36 bits per heavy atom. The largest absolute Gasteiger partial charge is 0.294 e. The van der Waals surface area contributed by atoms with Crippen molar-refractivity contribution in [3.8, 4) is 0 Å². The zero-order valence-electron chi connectivity index (χ0n) is 8.45. The van der Waals surface area contributed by atoms with Crippen molar-refractivity contribution in [2.45, 2.75) is 20.3 Å². The maximum atomic E-state index is 11.0.